The zero-order valence-corrected chi connectivity index (χ0v) is 10.8. The molecule has 5 nitrogen and oxygen atoms in total. The minimum Gasteiger partial charge on any atom is -0.399 e. The Bertz CT molecular complexity index is 415. The second kappa shape index (κ2) is 6.64. The molecule has 1 aromatic rings. The van der Waals surface area contributed by atoms with Crippen LogP contribution in [-0.2, 0) is 4.79 Å². The Hall–Kier alpha value is -2.04. The molecule has 0 spiro atoms. The van der Waals surface area contributed by atoms with E-state index in [1.165, 1.54) is 4.90 Å². The first kappa shape index (κ1) is 14.0. The van der Waals surface area contributed by atoms with Crippen LogP contribution in [0, 0.1) is 0 Å². The van der Waals surface area contributed by atoms with Gasteiger partial charge in [0.2, 0.25) is 5.91 Å². The number of amides is 2. The molecule has 1 aromatic carbocycles. The molecule has 98 valence electrons. The first-order valence-electron chi connectivity index (χ1n) is 6.00. The van der Waals surface area contributed by atoms with E-state index in [0.717, 1.165) is 0 Å². The largest absolute Gasteiger partial charge is 0.399 e. The minimum atomic E-state index is -0.163. The Morgan fingerprint density at radius 2 is 1.83 bits per heavy atom. The molecule has 2 amide bonds. The average molecular weight is 249 g/mol. The Kier molecular flexibility index (Phi) is 5.17. The Balaban J connectivity index is 2.73. The number of hydrogen-bond acceptors (Lipinski definition) is 3. The third kappa shape index (κ3) is 3.76. The molecule has 0 saturated carbocycles. The third-order valence-corrected chi connectivity index (χ3v) is 2.53. The van der Waals surface area contributed by atoms with Crippen LogP contribution in [0.5, 0.6) is 0 Å². The van der Waals surface area contributed by atoms with Crippen LogP contribution in [0.15, 0.2) is 24.3 Å². The van der Waals surface area contributed by atoms with Crippen LogP contribution in [-0.4, -0.2) is 36.3 Å². The molecule has 0 atom stereocenters. The topological polar surface area (TPSA) is 75.4 Å². The maximum atomic E-state index is 12.1. The number of nitrogens with one attached hydrogen (secondary N) is 1. The summed E-state index contributed by atoms with van der Waals surface area (Å²) < 4.78 is 0. The molecule has 0 bridgehead atoms. The number of nitrogen functional groups attached to an aromatic ring is 1. The van der Waals surface area contributed by atoms with Gasteiger partial charge in [0.1, 0.15) is 0 Å². The molecule has 3 N–H and O–H groups in total. The lowest BCUT2D eigenvalue weighted by Gasteiger charge is -2.20. The van der Waals surface area contributed by atoms with Crippen molar-refractivity contribution in [1.29, 1.82) is 0 Å². The van der Waals surface area contributed by atoms with Gasteiger partial charge in [-0.2, -0.15) is 0 Å². The predicted octanol–water partition coefficient (Wildman–Crippen LogP) is 0.867. The number of anilines is 1. The molecule has 0 saturated heterocycles. The molecular weight excluding hydrogens is 230 g/mol. The molecule has 0 unspecified atom stereocenters. The van der Waals surface area contributed by atoms with Gasteiger partial charge in [0.05, 0.1) is 6.54 Å². The Morgan fingerprint density at radius 3 is 2.33 bits per heavy atom. The minimum absolute atomic E-state index is 0.0769. The smallest absolute Gasteiger partial charge is 0.254 e. The second-order valence-electron chi connectivity index (χ2n) is 3.89. The first-order valence-corrected chi connectivity index (χ1v) is 6.00. The van der Waals surface area contributed by atoms with Crippen LogP contribution in [0.2, 0.25) is 0 Å². The molecule has 5 heteroatoms. The monoisotopic (exact) mass is 249 g/mol. The second-order valence-corrected chi connectivity index (χ2v) is 3.89. The molecule has 0 aliphatic carbocycles. The lowest BCUT2D eigenvalue weighted by molar-refractivity contribution is -0.121. The molecule has 0 aliphatic heterocycles. The predicted molar refractivity (Wildman–Crippen MR) is 71.1 cm³/mol. The fourth-order valence-electron chi connectivity index (χ4n) is 1.56. The Morgan fingerprint density at radius 1 is 1.22 bits per heavy atom. The van der Waals surface area contributed by atoms with Crippen molar-refractivity contribution in [2.75, 3.05) is 25.4 Å². The van der Waals surface area contributed by atoms with Gasteiger partial charge >= 0.3 is 0 Å². The lowest BCUT2D eigenvalue weighted by atomic mass is 10.2. The van der Waals surface area contributed by atoms with Crippen LogP contribution in [0.1, 0.15) is 24.2 Å². The van der Waals surface area contributed by atoms with Gasteiger partial charge in [-0.25, -0.2) is 0 Å². The summed E-state index contributed by atoms with van der Waals surface area (Å²) in [6.45, 7) is 4.81. The number of carbonyl (C=O) groups excluding carboxylic acids is 2. The molecule has 0 aromatic heterocycles. The van der Waals surface area contributed by atoms with Crippen LogP contribution in [0.25, 0.3) is 0 Å². The van der Waals surface area contributed by atoms with Crippen LogP contribution >= 0.6 is 0 Å². The highest BCUT2D eigenvalue weighted by molar-refractivity contribution is 5.96. The van der Waals surface area contributed by atoms with Gasteiger partial charge in [0.25, 0.3) is 5.91 Å². The van der Waals surface area contributed by atoms with Crippen molar-refractivity contribution in [3.8, 4) is 0 Å². The number of hydrogen-bond donors (Lipinski definition) is 2. The van der Waals surface area contributed by atoms with Gasteiger partial charge in [0, 0.05) is 24.3 Å². The SMILES string of the molecule is CCNC(=O)CN(CC)C(=O)c1ccc(N)cc1. The van der Waals surface area contributed by atoms with Gasteiger partial charge in [-0.3, -0.25) is 9.59 Å². The normalized spacial score (nSPS) is 9.89. The fraction of sp³-hybridized carbons (Fsp3) is 0.385. The Labute approximate surface area is 107 Å². The van der Waals surface area contributed by atoms with Crippen molar-refractivity contribution < 1.29 is 9.59 Å². The summed E-state index contributed by atoms with van der Waals surface area (Å²) in [5, 5.41) is 2.67. The molecule has 0 aliphatic rings. The summed E-state index contributed by atoms with van der Waals surface area (Å²) in [5.41, 5.74) is 6.71. The van der Waals surface area contributed by atoms with E-state index in [-0.39, 0.29) is 18.4 Å². The van der Waals surface area contributed by atoms with E-state index < -0.39 is 0 Å². The van der Waals surface area contributed by atoms with E-state index in [9.17, 15) is 9.59 Å². The maximum Gasteiger partial charge on any atom is 0.254 e. The van der Waals surface area contributed by atoms with Crippen LogP contribution in [0.3, 0.4) is 0 Å². The van der Waals surface area contributed by atoms with Gasteiger partial charge in [0.15, 0.2) is 0 Å². The van der Waals surface area contributed by atoms with Crippen molar-refractivity contribution >= 4 is 17.5 Å². The van der Waals surface area contributed by atoms with E-state index in [4.69, 9.17) is 5.73 Å². The van der Waals surface area contributed by atoms with Crippen molar-refractivity contribution in [3.05, 3.63) is 29.8 Å². The zero-order chi connectivity index (χ0) is 13.5. The van der Waals surface area contributed by atoms with Crippen LogP contribution < -0.4 is 11.1 Å². The van der Waals surface area contributed by atoms with Gasteiger partial charge < -0.3 is 16.0 Å². The molecule has 0 fully saturated rings. The highest BCUT2D eigenvalue weighted by Gasteiger charge is 2.16. The number of nitrogens with two attached hydrogens (primary N) is 1. The highest BCUT2D eigenvalue weighted by Crippen LogP contribution is 2.08. The van der Waals surface area contributed by atoms with E-state index >= 15 is 0 Å². The quantitative estimate of drug-likeness (QED) is 0.760. The van der Waals surface area contributed by atoms with Crippen molar-refractivity contribution in [2.24, 2.45) is 0 Å². The molecule has 0 radical (unpaired) electrons. The first-order chi connectivity index (χ1) is 8.58. The summed E-state index contributed by atoms with van der Waals surface area (Å²) in [6, 6.07) is 6.68. The van der Waals surface area contributed by atoms with Crippen LogP contribution in [0.4, 0.5) is 5.69 Å². The van der Waals surface area contributed by atoms with Crippen molar-refractivity contribution in [2.45, 2.75) is 13.8 Å². The summed E-state index contributed by atoms with van der Waals surface area (Å²) in [6.07, 6.45) is 0. The molecule has 0 heterocycles. The lowest BCUT2D eigenvalue weighted by Crippen LogP contribution is -2.40. The number of benzene rings is 1. The zero-order valence-electron chi connectivity index (χ0n) is 10.8. The van der Waals surface area contributed by atoms with E-state index in [0.29, 0.717) is 24.3 Å². The molecule has 18 heavy (non-hydrogen) atoms. The van der Waals surface area contributed by atoms with Crippen molar-refractivity contribution in [3.63, 3.8) is 0 Å². The van der Waals surface area contributed by atoms with Gasteiger partial charge in [-0.1, -0.05) is 0 Å². The van der Waals surface area contributed by atoms with E-state index in [1.807, 2.05) is 13.8 Å². The van der Waals surface area contributed by atoms with Gasteiger partial charge in [-0.05, 0) is 38.1 Å². The number of nitrogens with zero attached hydrogens (tertiary/aromatic N) is 1. The third-order valence-electron chi connectivity index (χ3n) is 2.53. The standard InChI is InChI=1S/C13H19N3O2/c1-3-15-12(17)9-16(4-2)13(18)10-5-7-11(14)8-6-10/h5-8H,3-4,9,14H2,1-2H3,(H,15,17). The van der Waals surface area contributed by atoms with E-state index in [1.54, 1.807) is 24.3 Å². The summed E-state index contributed by atoms with van der Waals surface area (Å²) >= 11 is 0. The van der Waals surface area contributed by atoms with E-state index in [2.05, 4.69) is 5.32 Å². The average Bonchev–Trinajstić information content (AvgIpc) is 2.36. The number of carbonyl (C=O) groups is 2. The summed E-state index contributed by atoms with van der Waals surface area (Å²) in [4.78, 5) is 25.1. The maximum absolute atomic E-state index is 12.1. The number of rotatable bonds is 5. The summed E-state index contributed by atoms with van der Waals surface area (Å²) in [5.74, 6) is -0.313. The van der Waals surface area contributed by atoms with Crippen molar-refractivity contribution in [1.82, 2.24) is 10.2 Å². The molecule has 1 rings (SSSR count). The fourth-order valence-corrected chi connectivity index (χ4v) is 1.56. The summed E-state index contributed by atoms with van der Waals surface area (Å²) in [7, 11) is 0. The van der Waals surface area contributed by atoms with Gasteiger partial charge in [-0.15, -0.1) is 0 Å². The molecular formula is C13H19N3O2. The highest BCUT2D eigenvalue weighted by atomic mass is 16.2. The number of likely N-dealkylation sites (N-methyl/N-ethyl adjacent to an activating group) is 2.